The van der Waals surface area contributed by atoms with Crippen molar-refractivity contribution in [2.75, 3.05) is 16.8 Å². The van der Waals surface area contributed by atoms with Gasteiger partial charge in [0.15, 0.2) is 5.13 Å². The monoisotopic (exact) mass is 313 g/mol. The molecular formula is C16H15N3O2S. The maximum absolute atomic E-state index is 11.7. The van der Waals surface area contributed by atoms with Crippen LogP contribution in [0.25, 0.3) is 6.08 Å². The minimum atomic E-state index is -0.214. The molecule has 0 spiro atoms. The highest BCUT2D eigenvalue weighted by Crippen LogP contribution is 2.21. The minimum absolute atomic E-state index is 0.172. The van der Waals surface area contributed by atoms with Crippen molar-refractivity contribution in [1.29, 1.82) is 0 Å². The number of amides is 2. The fourth-order valence-electron chi connectivity index (χ4n) is 2.29. The smallest absolute Gasteiger partial charge is 0.250 e. The summed E-state index contributed by atoms with van der Waals surface area (Å²) in [6.45, 7) is 0.782. The third-order valence-corrected chi connectivity index (χ3v) is 4.06. The van der Waals surface area contributed by atoms with Crippen LogP contribution in [0.2, 0.25) is 0 Å². The first-order valence-corrected chi connectivity index (χ1v) is 7.89. The largest absolute Gasteiger partial charge is 0.312 e. The third kappa shape index (κ3) is 3.40. The van der Waals surface area contributed by atoms with Gasteiger partial charge >= 0.3 is 0 Å². The summed E-state index contributed by atoms with van der Waals surface area (Å²) in [6.07, 6.45) is 6.38. The molecule has 0 bridgehead atoms. The summed E-state index contributed by atoms with van der Waals surface area (Å²) < 4.78 is 0. The Morgan fingerprint density at radius 1 is 1.32 bits per heavy atom. The molecule has 1 saturated heterocycles. The van der Waals surface area contributed by atoms with E-state index in [1.807, 2.05) is 24.3 Å². The number of anilines is 2. The lowest BCUT2D eigenvalue weighted by molar-refractivity contribution is -0.117. The molecule has 5 nitrogen and oxygen atoms in total. The SMILES string of the molecule is O=C(C=Cc1ccc(N2CCCC2=O)cc1)Nc1nccs1. The van der Waals surface area contributed by atoms with Crippen molar-refractivity contribution >= 4 is 40.0 Å². The average Bonchev–Trinajstić information content (AvgIpc) is 3.17. The zero-order chi connectivity index (χ0) is 15.4. The zero-order valence-corrected chi connectivity index (χ0v) is 12.7. The van der Waals surface area contributed by atoms with Gasteiger partial charge in [0, 0.05) is 36.3 Å². The van der Waals surface area contributed by atoms with Gasteiger partial charge in [-0.25, -0.2) is 4.98 Å². The van der Waals surface area contributed by atoms with Crippen LogP contribution in [-0.4, -0.2) is 23.3 Å². The van der Waals surface area contributed by atoms with Gasteiger partial charge < -0.3 is 4.90 Å². The molecule has 1 fully saturated rings. The number of carbonyl (C=O) groups is 2. The number of hydrogen-bond donors (Lipinski definition) is 1. The number of carbonyl (C=O) groups excluding carboxylic acids is 2. The van der Waals surface area contributed by atoms with Gasteiger partial charge in [-0.15, -0.1) is 11.3 Å². The van der Waals surface area contributed by atoms with Gasteiger partial charge in [0.2, 0.25) is 11.8 Å². The number of nitrogens with zero attached hydrogens (tertiary/aromatic N) is 2. The molecule has 6 heteroatoms. The van der Waals surface area contributed by atoms with Crippen LogP contribution in [-0.2, 0) is 9.59 Å². The second-order valence-corrected chi connectivity index (χ2v) is 5.79. The van der Waals surface area contributed by atoms with E-state index in [0.717, 1.165) is 24.2 Å². The van der Waals surface area contributed by atoms with Crippen LogP contribution in [0, 0.1) is 0 Å². The molecule has 1 aliphatic heterocycles. The highest BCUT2D eigenvalue weighted by atomic mass is 32.1. The van der Waals surface area contributed by atoms with Crippen LogP contribution in [0.15, 0.2) is 41.9 Å². The van der Waals surface area contributed by atoms with Gasteiger partial charge in [-0.2, -0.15) is 0 Å². The van der Waals surface area contributed by atoms with Crippen LogP contribution in [0.1, 0.15) is 18.4 Å². The minimum Gasteiger partial charge on any atom is -0.312 e. The molecule has 0 aliphatic carbocycles. The normalized spacial score (nSPS) is 14.7. The highest BCUT2D eigenvalue weighted by molar-refractivity contribution is 7.13. The summed E-state index contributed by atoms with van der Waals surface area (Å²) in [6, 6.07) is 7.60. The van der Waals surface area contributed by atoms with E-state index in [4.69, 9.17) is 0 Å². The molecule has 1 aromatic heterocycles. The molecule has 1 N–H and O–H groups in total. The van der Waals surface area contributed by atoms with Crippen molar-refractivity contribution in [2.45, 2.75) is 12.8 Å². The van der Waals surface area contributed by atoms with Crippen molar-refractivity contribution in [3.63, 3.8) is 0 Å². The van der Waals surface area contributed by atoms with Gasteiger partial charge in [0.1, 0.15) is 0 Å². The van der Waals surface area contributed by atoms with Crippen molar-refractivity contribution in [2.24, 2.45) is 0 Å². The van der Waals surface area contributed by atoms with E-state index in [1.165, 1.54) is 17.4 Å². The summed E-state index contributed by atoms with van der Waals surface area (Å²) in [5.41, 5.74) is 1.82. The summed E-state index contributed by atoms with van der Waals surface area (Å²) in [7, 11) is 0. The van der Waals surface area contributed by atoms with Crippen molar-refractivity contribution in [3.8, 4) is 0 Å². The maximum Gasteiger partial charge on any atom is 0.250 e. The van der Waals surface area contributed by atoms with Gasteiger partial charge in [-0.3, -0.25) is 14.9 Å². The summed E-state index contributed by atoms with van der Waals surface area (Å²) in [5.74, 6) is -0.0418. The van der Waals surface area contributed by atoms with Crippen LogP contribution >= 0.6 is 11.3 Å². The Balaban J connectivity index is 1.62. The van der Waals surface area contributed by atoms with Gasteiger partial charge in [0.05, 0.1) is 0 Å². The van der Waals surface area contributed by atoms with E-state index in [2.05, 4.69) is 10.3 Å². The lowest BCUT2D eigenvalue weighted by Crippen LogP contribution is -2.23. The van der Waals surface area contributed by atoms with Gasteiger partial charge in [0.25, 0.3) is 0 Å². The van der Waals surface area contributed by atoms with Crippen molar-refractivity contribution < 1.29 is 9.59 Å². The van der Waals surface area contributed by atoms with E-state index in [9.17, 15) is 9.59 Å². The van der Waals surface area contributed by atoms with E-state index < -0.39 is 0 Å². The molecule has 3 rings (SSSR count). The zero-order valence-electron chi connectivity index (χ0n) is 11.9. The molecule has 0 saturated carbocycles. The second-order valence-electron chi connectivity index (χ2n) is 4.90. The Kier molecular flexibility index (Phi) is 4.29. The number of aromatic nitrogens is 1. The Morgan fingerprint density at radius 3 is 2.77 bits per heavy atom. The molecule has 0 atom stereocenters. The number of nitrogens with one attached hydrogen (secondary N) is 1. The van der Waals surface area contributed by atoms with Gasteiger partial charge in [-0.1, -0.05) is 12.1 Å². The summed E-state index contributed by atoms with van der Waals surface area (Å²) in [4.78, 5) is 29.2. The van der Waals surface area contributed by atoms with Crippen LogP contribution in [0.5, 0.6) is 0 Å². The molecule has 2 heterocycles. The lowest BCUT2D eigenvalue weighted by atomic mass is 10.2. The Hall–Kier alpha value is -2.47. The molecule has 0 radical (unpaired) electrons. The second kappa shape index (κ2) is 6.53. The highest BCUT2D eigenvalue weighted by Gasteiger charge is 2.21. The molecule has 1 aliphatic rings. The third-order valence-electron chi connectivity index (χ3n) is 3.37. The number of benzene rings is 1. The Bertz CT molecular complexity index is 693. The quantitative estimate of drug-likeness (QED) is 0.883. The molecule has 2 amide bonds. The Morgan fingerprint density at radius 2 is 2.14 bits per heavy atom. The van der Waals surface area contributed by atoms with E-state index in [0.29, 0.717) is 11.6 Å². The first-order chi connectivity index (χ1) is 10.7. The number of rotatable bonds is 4. The first-order valence-electron chi connectivity index (χ1n) is 7.01. The van der Waals surface area contributed by atoms with Crippen LogP contribution in [0.3, 0.4) is 0 Å². The molecule has 22 heavy (non-hydrogen) atoms. The molecule has 0 unspecified atom stereocenters. The van der Waals surface area contributed by atoms with E-state index in [1.54, 1.807) is 22.6 Å². The topological polar surface area (TPSA) is 62.3 Å². The van der Waals surface area contributed by atoms with E-state index >= 15 is 0 Å². The lowest BCUT2D eigenvalue weighted by Gasteiger charge is -2.15. The molecule has 112 valence electrons. The standard InChI is InChI=1S/C16H15N3O2S/c20-14(18-16-17-9-11-22-16)8-5-12-3-6-13(7-4-12)19-10-1-2-15(19)21/h3-9,11H,1-2,10H2,(H,17,18,20). The predicted octanol–water partition coefficient (Wildman–Crippen LogP) is 2.92. The number of hydrogen-bond acceptors (Lipinski definition) is 4. The Labute approximate surface area is 132 Å². The summed E-state index contributed by atoms with van der Waals surface area (Å²) >= 11 is 1.37. The molecule has 1 aromatic carbocycles. The maximum atomic E-state index is 11.7. The summed E-state index contributed by atoms with van der Waals surface area (Å²) in [5, 5.41) is 5.07. The first kappa shape index (κ1) is 14.5. The van der Waals surface area contributed by atoms with Crippen LogP contribution < -0.4 is 10.2 Å². The average molecular weight is 313 g/mol. The van der Waals surface area contributed by atoms with Crippen LogP contribution in [0.4, 0.5) is 10.8 Å². The fraction of sp³-hybridized carbons (Fsp3) is 0.188. The molecule has 2 aromatic rings. The van der Waals surface area contributed by atoms with Crippen molar-refractivity contribution in [1.82, 2.24) is 4.98 Å². The number of thiazole rings is 1. The van der Waals surface area contributed by atoms with E-state index in [-0.39, 0.29) is 11.8 Å². The van der Waals surface area contributed by atoms with Crippen molar-refractivity contribution in [3.05, 3.63) is 47.5 Å². The predicted molar refractivity (Wildman–Crippen MR) is 87.8 cm³/mol. The van der Waals surface area contributed by atoms with Gasteiger partial charge in [-0.05, 0) is 30.2 Å². The fourth-order valence-corrected chi connectivity index (χ4v) is 2.82. The molecular weight excluding hydrogens is 298 g/mol.